The van der Waals surface area contributed by atoms with E-state index in [1.807, 2.05) is 6.07 Å². The Morgan fingerprint density at radius 1 is 1.43 bits per heavy atom. The van der Waals surface area contributed by atoms with Crippen LogP contribution in [0.3, 0.4) is 0 Å². The van der Waals surface area contributed by atoms with E-state index in [0.29, 0.717) is 32.2 Å². The maximum Gasteiger partial charge on any atom is 0.216 e. The third kappa shape index (κ3) is 3.74. The first kappa shape index (κ1) is 12.2. The van der Waals surface area contributed by atoms with Gasteiger partial charge in [0.25, 0.3) is 0 Å². The van der Waals surface area contributed by atoms with Gasteiger partial charge in [-0.1, -0.05) is 6.08 Å². The molecule has 3 heteroatoms. The van der Waals surface area contributed by atoms with E-state index < -0.39 is 5.41 Å². The summed E-state index contributed by atoms with van der Waals surface area (Å²) < 4.78 is 0. The van der Waals surface area contributed by atoms with E-state index in [2.05, 4.69) is 17.5 Å². The van der Waals surface area contributed by atoms with Crippen LogP contribution in [0.1, 0.15) is 25.7 Å². The average molecular weight is 187 g/mol. The second-order valence-electron chi connectivity index (χ2n) is 3.17. The summed E-state index contributed by atoms with van der Waals surface area (Å²) in [5.74, 6) is 0. The molecule has 0 saturated heterocycles. The molecule has 14 heavy (non-hydrogen) atoms. The summed E-state index contributed by atoms with van der Waals surface area (Å²) in [5, 5.41) is 17.5. The van der Waals surface area contributed by atoms with Crippen LogP contribution in [0.25, 0.3) is 4.85 Å². The lowest BCUT2D eigenvalue weighted by Crippen LogP contribution is -2.18. The molecule has 0 spiro atoms. The van der Waals surface area contributed by atoms with Gasteiger partial charge in [0.15, 0.2) is 0 Å². The first-order valence-electron chi connectivity index (χ1n) is 4.47. The molecule has 3 nitrogen and oxygen atoms in total. The number of nitriles is 2. The first-order valence-corrected chi connectivity index (χ1v) is 4.47. The minimum Gasteiger partial charge on any atom is -0.317 e. The summed E-state index contributed by atoms with van der Waals surface area (Å²) >= 11 is 0. The molecular formula is C11H13N3. The van der Waals surface area contributed by atoms with Gasteiger partial charge < -0.3 is 4.85 Å². The predicted octanol–water partition coefficient (Wildman–Crippen LogP) is 2.69. The maximum atomic E-state index is 9.05. The summed E-state index contributed by atoms with van der Waals surface area (Å²) in [4.78, 5) is 3.24. The Hall–Kier alpha value is -1.79. The van der Waals surface area contributed by atoms with Gasteiger partial charge in [0, 0.05) is 12.8 Å². The van der Waals surface area contributed by atoms with E-state index in [0.717, 1.165) is 0 Å². The molecule has 72 valence electrons. The molecular weight excluding hydrogens is 174 g/mol. The molecule has 0 aromatic heterocycles. The maximum absolute atomic E-state index is 9.05. The van der Waals surface area contributed by atoms with Gasteiger partial charge >= 0.3 is 0 Å². The molecule has 0 heterocycles. The van der Waals surface area contributed by atoms with Crippen molar-refractivity contribution in [3.8, 4) is 12.1 Å². The quantitative estimate of drug-likeness (QED) is 0.474. The van der Waals surface area contributed by atoms with Crippen LogP contribution in [0.2, 0.25) is 0 Å². The van der Waals surface area contributed by atoms with Crippen molar-refractivity contribution in [1.82, 2.24) is 0 Å². The molecule has 0 amide bonds. The zero-order chi connectivity index (χ0) is 10.9. The van der Waals surface area contributed by atoms with Gasteiger partial charge in [-0.3, -0.25) is 0 Å². The van der Waals surface area contributed by atoms with Crippen molar-refractivity contribution in [3.63, 3.8) is 0 Å². The monoisotopic (exact) mass is 187 g/mol. The fourth-order valence-electron chi connectivity index (χ4n) is 1.33. The van der Waals surface area contributed by atoms with Gasteiger partial charge in [0.1, 0.15) is 0 Å². The highest BCUT2D eigenvalue weighted by Gasteiger charge is 2.29. The minimum absolute atomic E-state index is 0.340. The Morgan fingerprint density at radius 2 is 2.14 bits per heavy atom. The molecule has 0 saturated carbocycles. The smallest absolute Gasteiger partial charge is 0.216 e. The van der Waals surface area contributed by atoms with Crippen LogP contribution in [-0.4, -0.2) is 6.54 Å². The molecule has 1 unspecified atom stereocenters. The molecule has 0 fully saturated rings. The van der Waals surface area contributed by atoms with Crippen LogP contribution >= 0.6 is 0 Å². The number of allylic oxidation sites excluding steroid dienone is 1. The minimum atomic E-state index is -0.554. The Bertz CT molecular complexity index is 280. The topological polar surface area (TPSA) is 51.9 Å². The van der Waals surface area contributed by atoms with E-state index in [4.69, 9.17) is 17.1 Å². The average Bonchev–Trinajstić information content (AvgIpc) is 2.22. The molecule has 0 bridgehead atoms. The van der Waals surface area contributed by atoms with Gasteiger partial charge in [0.05, 0.1) is 17.6 Å². The van der Waals surface area contributed by atoms with Crippen LogP contribution in [0.4, 0.5) is 0 Å². The molecule has 0 radical (unpaired) electrons. The molecule has 1 atom stereocenters. The zero-order valence-electron chi connectivity index (χ0n) is 8.16. The second kappa shape index (κ2) is 6.70. The second-order valence-corrected chi connectivity index (χ2v) is 3.17. The fraction of sp³-hybridized carbons (Fsp3) is 0.545. The Labute approximate surface area is 85.1 Å². The zero-order valence-corrected chi connectivity index (χ0v) is 8.16. The lowest BCUT2D eigenvalue weighted by atomic mass is 9.79. The molecule has 0 aliphatic rings. The van der Waals surface area contributed by atoms with Gasteiger partial charge in [-0.05, 0) is 12.8 Å². The summed E-state index contributed by atoms with van der Waals surface area (Å²) in [5.41, 5.74) is -0.554. The number of nitrogens with zero attached hydrogens (tertiary/aromatic N) is 3. The number of hydrogen-bond donors (Lipinski definition) is 0. The van der Waals surface area contributed by atoms with Crippen molar-refractivity contribution in [3.05, 3.63) is 24.1 Å². The summed E-state index contributed by atoms with van der Waals surface area (Å²) in [6.45, 7) is 10.6. The van der Waals surface area contributed by atoms with Crippen molar-refractivity contribution in [2.45, 2.75) is 25.7 Å². The van der Waals surface area contributed by atoms with Crippen molar-refractivity contribution in [1.29, 1.82) is 10.5 Å². The molecule has 0 N–H and O–H groups in total. The van der Waals surface area contributed by atoms with Gasteiger partial charge in [-0.25, -0.2) is 6.57 Å². The third-order valence-electron chi connectivity index (χ3n) is 2.19. The van der Waals surface area contributed by atoms with Crippen molar-refractivity contribution in [2.75, 3.05) is 6.54 Å². The highest BCUT2D eigenvalue weighted by molar-refractivity contribution is 5.04. The highest BCUT2D eigenvalue weighted by atomic mass is 14.6. The summed E-state index contributed by atoms with van der Waals surface area (Å²) in [7, 11) is 0. The van der Waals surface area contributed by atoms with Gasteiger partial charge in [0.2, 0.25) is 6.54 Å². The lowest BCUT2D eigenvalue weighted by Gasteiger charge is -2.21. The normalized spacial score (nSPS) is 12.9. The largest absolute Gasteiger partial charge is 0.317 e. The Morgan fingerprint density at radius 3 is 2.57 bits per heavy atom. The van der Waals surface area contributed by atoms with E-state index in [-0.39, 0.29) is 0 Å². The summed E-state index contributed by atoms with van der Waals surface area (Å²) in [6.07, 6.45) is 3.66. The van der Waals surface area contributed by atoms with E-state index in [1.54, 1.807) is 6.08 Å². The third-order valence-corrected chi connectivity index (χ3v) is 2.19. The SMILES string of the molecule is [C-]#[N+]CCC(C#N)(CC=C)CCC#N. The van der Waals surface area contributed by atoms with Crippen molar-refractivity contribution < 1.29 is 0 Å². The van der Waals surface area contributed by atoms with Gasteiger partial charge in [-0.2, -0.15) is 10.5 Å². The fourth-order valence-corrected chi connectivity index (χ4v) is 1.33. The van der Waals surface area contributed by atoms with E-state index >= 15 is 0 Å². The van der Waals surface area contributed by atoms with Crippen LogP contribution in [0.15, 0.2) is 12.7 Å². The van der Waals surface area contributed by atoms with Crippen molar-refractivity contribution in [2.24, 2.45) is 5.41 Å². The van der Waals surface area contributed by atoms with Crippen molar-refractivity contribution >= 4 is 0 Å². The number of hydrogen-bond acceptors (Lipinski definition) is 2. The first-order chi connectivity index (χ1) is 6.74. The molecule has 0 aliphatic carbocycles. The Kier molecular flexibility index (Phi) is 5.84. The van der Waals surface area contributed by atoms with Crippen LogP contribution < -0.4 is 0 Å². The molecule has 0 aromatic carbocycles. The van der Waals surface area contributed by atoms with Crippen LogP contribution in [0, 0.1) is 34.6 Å². The summed E-state index contributed by atoms with van der Waals surface area (Å²) in [6, 6.07) is 4.25. The lowest BCUT2D eigenvalue weighted by molar-refractivity contribution is 0.355. The molecule has 0 aliphatic heterocycles. The van der Waals surface area contributed by atoms with Crippen LogP contribution in [0.5, 0.6) is 0 Å². The standard InChI is InChI=1S/C11H13N3/c1-3-5-11(10-13,6-4-8-12)7-9-14-2/h3H,1,4-7,9H2. The number of rotatable bonds is 6. The Balaban J connectivity index is 4.47. The van der Waals surface area contributed by atoms with E-state index in [9.17, 15) is 0 Å². The van der Waals surface area contributed by atoms with Crippen LogP contribution in [-0.2, 0) is 0 Å². The molecule has 0 rings (SSSR count). The highest BCUT2D eigenvalue weighted by Crippen LogP contribution is 2.31. The van der Waals surface area contributed by atoms with Gasteiger partial charge in [-0.15, -0.1) is 6.58 Å². The predicted molar refractivity (Wildman–Crippen MR) is 53.8 cm³/mol. The molecule has 0 aromatic rings. The van der Waals surface area contributed by atoms with E-state index in [1.165, 1.54) is 0 Å².